The Bertz CT molecular complexity index is 340. The van der Waals surface area contributed by atoms with E-state index >= 15 is 0 Å². The van der Waals surface area contributed by atoms with Crippen molar-refractivity contribution in [2.75, 3.05) is 0 Å². The minimum atomic E-state index is 0.283. The van der Waals surface area contributed by atoms with Gasteiger partial charge in [0, 0.05) is 5.70 Å². The molecule has 0 aromatic heterocycles. The number of thiocarbonyl (C=S) groups is 1. The van der Waals surface area contributed by atoms with Crippen molar-refractivity contribution in [1.82, 2.24) is 5.32 Å². The third-order valence-corrected chi connectivity index (χ3v) is 5.87. The maximum atomic E-state index is 5.62. The van der Waals surface area contributed by atoms with Crippen molar-refractivity contribution in [3.8, 4) is 0 Å². The molecule has 0 bridgehead atoms. The standard InChI is InChI=1S/C13H19NS2/c15-12-10-6-2-3-7-11(10)14-13(16-12)8-4-1-5-9-13/h14H,1-9H2. The molecule has 0 aromatic rings. The second-order valence-corrected chi connectivity index (χ2v) is 7.29. The fourth-order valence-electron chi connectivity index (χ4n) is 3.16. The molecule has 0 amide bonds. The van der Waals surface area contributed by atoms with Crippen molar-refractivity contribution in [3.63, 3.8) is 0 Å². The number of rotatable bonds is 0. The molecule has 3 heteroatoms. The number of nitrogens with one attached hydrogen (secondary N) is 1. The van der Waals surface area contributed by atoms with Gasteiger partial charge < -0.3 is 5.32 Å². The summed E-state index contributed by atoms with van der Waals surface area (Å²) in [6.07, 6.45) is 11.9. The van der Waals surface area contributed by atoms with Crippen molar-refractivity contribution in [2.24, 2.45) is 0 Å². The number of hydrogen-bond donors (Lipinski definition) is 1. The van der Waals surface area contributed by atoms with Crippen LogP contribution in [0.4, 0.5) is 0 Å². The average Bonchev–Trinajstić information content (AvgIpc) is 2.30. The van der Waals surface area contributed by atoms with E-state index in [1.54, 1.807) is 0 Å². The molecule has 0 unspecified atom stereocenters. The molecule has 3 aliphatic rings. The Morgan fingerprint density at radius 3 is 2.56 bits per heavy atom. The molecular formula is C13H19NS2. The van der Waals surface area contributed by atoms with Gasteiger partial charge in [0.05, 0.1) is 9.07 Å². The van der Waals surface area contributed by atoms with Crippen molar-refractivity contribution in [1.29, 1.82) is 0 Å². The third-order valence-electron chi connectivity index (χ3n) is 4.04. The Morgan fingerprint density at radius 1 is 1.00 bits per heavy atom. The lowest BCUT2D eigenvalue weighted by Gasteiger charge is -2.44. The Balaban J connectivity index is 1.87. The van der Waals surface area contributed by atoms with Gasteiger partial charge in [-0.05, 0) is 44.1 Å². The topological polar surface area (TPSA) is 12.0 Å². The van der Waals surface area contributed by atoms with E-state index in [0.29, 0.717) is 0 Å². The highest BCUT2D eigenvalue weighted by atomic mass is 32.2. The van der Waals surface area contributed by atoms with E-state index in [1.165, 1.54) is 73.3 Å². The van der Waals surface area contributed by atoms with Crippen LogP contribution in [0, 0.1) is 0 Å². The van der Waals surface area contributed by atoms with Crippen molar-refractivity contribution in [3.05, 3.63) is 11.3 Å². The molecule has 1 spiro atoms. The van der Waals surface area contributed by atoms with Gasteiger partial charge in [0.2, 0.25) is 0 Å². The van der Waals surface area contributed by atoms with Gasteiger partial charge >= 0.3 is 0 Å². The van der Waals surface area contributed by atoms with E-state index in [9.17, 15) is 0 Å². The summed E-state index contributed by atoms with van der Waals surface area (Å²) >= 11 is 7.58. The number of allylic oxidation sites excluding steroid dienone is 1. The molecule has 16 heavy (non-hydrogen) atoms. The fraction of sp³-hybridized carbons (Fsp3) is 0.769. The molecule has 1 aliphatic heterocycles. The van der Waals surface area contributed by atoms with Crippen LogP contribution < -0.4 is 5.32 Å². The molecule has 2 aliphatic carbocycles. The normalized spacial score (nSPS) is 28.9. The summed E-state index contributed by atoms with van der Waals surface area (Å²) in [6.45, 7) is 0. The predicted molar refractivity (Wildman–Crippen MR) is 74.6 cm³/mol. The van der Waals surface area contributed by atoms with Crippen LogP contribution in [0.3, 0.4) is 0 Å². The fourth-order valence-corrected chi connectivity index (χ4v) is 5.23. The van der Waals surface area contributed by atoms with E-state index in [4.69, 9.17) is 12.2 Å². The largest absolute Gasteiger partial charge is 0.373 e. The van der Waals surface area contributed by atoms with Gasteiger partial charge in [-0.2, -0.15) is 0 Å². The first kappa shape index (κ1) is 11.1. The van der Waals surface area contributed by atoms with Gasteiger partial charge in [-0.15, -0.1) is 0 Å². The summed E-state index contributed by atoms with van der Waals surface area (Å²) in [5.74, 6) is 0. The van der Waals surface area contributed by atoms with Crippen LogP contribution in [0.2, 0.25) is 0 Å². The summed E-state index contributed by atoms with van der Waals surface area (Å²) in [6, 6.07) is 0. The van der Waals surface area contributed by atoms with Crippen molar-refractivity contribution < 1.29 is 0 Å². The molecule has 0 saturated heterocycles. The van der Waals surface area contributed by atoms with Crippen LogP contribution in [0.5, 0.6) is 0 Å². The van der Waals surface area contributed by atoms with Gasteiger partial charge in [-0.25, -0.2) is 0 Å². The lowest BCUT2D eigenvalue weighted by molar-refractivity contribution is 0.352. The summed E-state index contributed by atoms with van der Waals surface area (Å²) in [7, 11) is 0. The second-order valence-electron chi connectivity index (χ2n) is 5.23. The van der Waals surface area contributed by atoms with Crippen LogP contribution in [0.15, 0.2) is 11.3 Å². The summed E-state index contributed by atoms with van der Waals surface area (Å²) < 4.78 is 1.20. The number of thioether (sulfide) groups is 1. The zero-order chi connectivity index (χ0) is 11.0. The van der Waals surface area contributed by atoms with Crippen LogP contribution in [-0.4, -0.2) is 9.07 Å². The molecule has 1 nitrogen and oxygen atoms in total. The first-order valence-electron chi connectivity index (χ1n) is 6.53. The summed E-state index contributed by atoms with van der Waals surface area (Å²) in [5, 5.41) is 3.86. The highest BCUT2D eigenvalue weighted by molar-refractivity contribution is 8.24. The average molecular weight is 253 g/mol. The predicted octanol–water partition coefficient (Wildman–Crippen LogP) is 4.14. The van der Waals surface area contributed by atoms with Gasteiger partial charge in [-0.1, -0.05) is 43.2 Å². The van der Waals surface area contributed by atoms with Crippen molar-refractivity contribution >= 4 is 28.2 Å². The lowest BCUT2D eigenvalue weighted by Crippen LogP contribution is -2.47. The lowest BCUT2D eigenvalue weighted by atomic mass is 9.91. The van der Waals surface area contributed by atoms with E-state index < -0.39 is 0 Å². The Labute approximate surface area is 107 Å². The van der Waals surface area contributed by atoms with E-state index in [-0.39, 0.29) is 4.87 Å². The molecule has 1 heterocycles. The molecule has 0 aromatic carbocycles. The molecule has 1 N–H and O–H groups in total. The quantitative estimate of drug-likeness (QED) is 0.652. The minimum absolute atomic E-state index is 0.283. The van der Waals surface area contributed by atoms with Crippen molar-refractivity contribution in [2.45, 2.75) is 62.7 Å². The smallest absolute Gasteiger partial charge is 0.0885 e. The van der Waals surface area contributed by atoms with Gasteiger partial charge in [-0.3, -0.25) is 0 Å². The van der Waals surface area contributed by atoms with Crippen LogP contribution in [0.25, 0.3) is 0 Å². The van der Waals surface area contributed by atoms with Crippen LogP contribution in [0.1, 0.15) is 57.8 Å². The second kappa shape index (κ2) is 4.34. The van der Waals surface area contributed by atoms with Gasteiger partial charge in [0.25, 0.3) is 0 Å². The maximum Gasteiger partial charge on any atom is 0.0885 e. The Morgan fingerprint density at radius 2 is 1.75 bits per heavy atom. The molecule has 1 fully saturated rings. The number of hydrogen-bond acceptors (Lipinski definition) is 3. The summed E-state index contributed by atoms with van der Waals surface area (Å²) in [5.41, 5.74) is 2.97. The summed E-state index contributed by atoms with van der Waals surface area (Å²) in [4.78, 5) is 0.283. The Hall–Kier alpha value is -0.0200. The SMILES string of the molecule is S=C1SC2(CCCCC2)NC2=C1CCCC2. The van der Waals surface area contributed by atoms with E-state index in [0.717, 1.165) is 0 Å². The monoisotopic (exact) mass is 253 g/mol. The maximum absolute atomic E-state index is 5.62. The van der Waals surface area contributed by atoms with Gasteiger partial charge in [0.15, 0.2) is 0 Å². The molecule has 1 saturated carbocycles. The van der Waals surface area contributed by atoms with Crippen LogP contribution >= 0.6 is 24.0 Å². The molecule has 88 valence electrons. The third kappa shape index (κ3) is 1.92. The highest BCUT2D eigenvalue weighted by Crippen LogP contribution is 2.46. The van der Waals surface area contributed by atoms with E-state index in [1.807, 2.05) is 11.8 Å². The van der Waals surface area contributed by atoms with Crippen LogP contribution in [-0.2, 0) is 0 Å². The molecular weight excluding hydrogens is 234 g/mol. The zero-order valence-electron chi connectivity index (χ0n) is 9.68. The van der Waals surface area contributed by atoms with Gasteiger partial charge in [0.1, 0.15) is 0 Å². The molecule has 0 atom stereocenters. The highest BCUT2D eigenvalue weighted by Gasteiger charge is 2.39. The van der Waals surface area contributed by atoms with E-state index in [2.05, 4.69) is 5.32 Å². The molecule has 3 rings (SSSR count). The first-order valence-corrected chi connectivity index (χ1v) is 7.75. The minimum Gasteiger partial charge on any atom is -0.373 e. The molecule has 0 radical (unpaired) electrons. The Kier molecular flexibility index (Phi) is 3.01. The first-order chi connectivity index (χ1) is 7.79. The zero-order valence-corrected chi connectivity index (χ0v) is 11.3.